The second kappa shape index (κ2) is 10.1. The van der Waals surface area contributed by atoms with Crippen LogP contribution in [0.25, 0.3) is 0 Å². The Balaban J connectivity index is 0.00000200. The van der Waals surface area contributed by atoms with Gasteiger partial charge in [-0.3, -0.25) is 4.99 Å². The molecule has 2 heterocycles. The van der Waals surface area contributed by atoms with Crippen molar-refractivity contribution in [3.8, 4) is 0 Å². The van der Waals surface area contributed by atoms with Crippen molar-refractivity contribution < 1.29 is 0 Å². The zero-order chi connectivity index (χ0) is 13.5. The number of nitrogens with zero attached hydrogens (tertiary/aromatic N) is 2. The van der Waals surface area contributed by atoms with E-state index in [2.05, 4.69) is 39.3 Å². The van der Waals surface area contributed by atoms with E-state index in [1.54, 1.807) is 0 Å². The predicted molar refractivity (Wildman–Crippen MR) is 100 cm³/mol. The molecule has 2 saturated heterocycles. The summed E-state index contributed by atoms with van der Waals surface area (Å²) in [6, 6.07) is 0. The minimum Gasteiger partial charge on any atom is -0.356 e. The van der Waals surface area contributed by atoms with Crippen LogP contribution in [0.1, 0.15) is 25.7 Å². The number of rotatable bonds is 4. The van der Waals surface area contributed by atoms with Crippen LogP contribution in [0, 0.1) is 5.92 Å². The molecule has 4 nitrogen and oxygen atoms in total. The number of piperidine rings is 1. The average molecular weight is 412 g/mol. The molecule has 0 amide bonds. The van der Waals surface area contributed by atoms with Gasteiger partial charge in [0.15, 0.2) is 5.96 Å². The van der Waals surface area contributed by atoms with Crippen molar-refractivity contribution in [2.75, 3.05) is 46.0 Å². The second-order valence-corrected chi connectivity index (χ2v) is 7.12. The first-order chi connectivity index (χ1) is 9.28. The maximum Gasteiger partial charge on any atom is 0.191 e. The number of hydrogen-bond donors (Lipinski definition) is 2. The molecule has 0 aromatic heterocycles. The number of nitrogens with one attached hydrogen (secondary N) is 2. The molecule has 20 heavy (non-hydrogen) atoms. The highest BCUT2D eigenvalue weighted by Crippen LogP contribution is 2.25. The Morgan fingerprint density at radius 3 is 2.50 bits per heavy atom. The lowest BCUT2D eigenvalue weighted by molar-refractivity contribution is 0.220. The maximum atomic E-state index is 4.32. The summed E-state index contributed by atoms with van der Waals surface area (Å²) in [4.78, 5) is 6.74. The summed E-state index contributed by atoms with van der Waals surface area (Å²) >= 11 is 2.09. The number of aliphatic imine (C=N–C) groups is 1. The number of likely N-dealkylation sites (tertiary alicyclic amines) is 1. The molecule has 2 aliphatic rings. The van der Waals surface area contributed by atoms with Crippen LogP contribution in [-0.2, 0) is 0 Å². The summed E-state index contributed by atoms with van der Waals surface area (Å²) in [5.74, 6) is 3.11. The summed E-state index contributed by atoms with van der Waals surface area (Å²) in [5.41, 5.74) is 0. The van der Waals surface area contributed by atoms with Crippen LogP contribution in [0.5, 0.6) is 0 Å². The Labute approximate surface area is 144 Å². The van der Waals surface area contributed by atoms with Gasteiger partial charge in [0.1, 0.15) is 0 Å². The Bertz CT molecular complexity index is 287. The number of halogens is 1. The van der Waals surface area contributed by atoms with E-state index in [1.807, 2.05) is 7.05 Å². The van der Waals surface area contributed by atoms with Gasteiger partial charge in [-0.2, -0.15) is 11.8 Å². The van der Waals surface area contributed by atoms with Crippen LogP contribution < -0.4 is 10.6 Å². The Hall–Kier alpha value is 0.310. The molecule has 2 rings (SSSR count). The molecule has 2 N–H and O–H groups in total. The van der Waals surface area contributed by atoms with Crippen LogP contribution in [0.3, 0.4) is 0 Å². The molecule has 0 spiro atoms. The van der Waals surface area contributed by atoms with E-state index in [4.69, 9.17) is 0 Å². The predicted octanol–water partition coefficient (Wildman–Crippen LogP) is 2.01. The molecule has 0 aliphatic carbocycles. The normalized spacial score (nSPS) is 25.3. The van der Waals surface area contributed by atoms with E-state index in [1.165, 1.54) is 44.5 Å². The van der Waals surface area contributed by atoms with E-state index in [0.29, 0.717) is 0 Å². The van der Waals surface area contributed by atoms with Crippen LogP contribution in [0.15, 0.2) is 4.99 Å². The zero-order valence-electron chi connectivity index (χ0n) is 12.7. The van der Waals surface area contributed by atoms with Gasteiger partial charge < -0.3 is 15.5 Å². The largest absolute Gasteiger partial charge is 0.356 e. The molecule has 118 valence electrons. The van der Waals surface area contributed by atoms with Gasteiger partial charge in [0.2, 0.25) is 0 Å². The van der Waals surface area contributed by atoms with Gasteiger partial charge in [0.25, 0.3) is 0 Å². The van der Waals surface area contributed by atoms with Crippen molar-refractivity contribution >= 4 is 41.7 Å². The quantitative estimate of drug-likeness (QED) is 0.421. The fraction of sp³-hybridized carbons (Fsp3) is 0.929. The SMILES string of the molecule is CN=C(NCC1CCN(C)CC1)NCC1CCCS1.I. The summed E-state index contributed by atoms with van der Waals surface area (Å²) < 4.78 is 0. The van der Waals surface area contributed by atoms with Gasteiger partial charge in [0, 0.05) is 25.4 Å². The van der Waals surface area contributed by atoms with Gasteiger partial charge in [-0.1, -0.05) is 0 Å². The van der Waals surface area contributed by atoms with Crippen molar-refractivity contribution in [1.29, 1.82) is 0 Å². The fourth-order valence-corrected chi connectivity index (χ4v) is 3.94. The Kier molecular flexibility index (Phi) is 9.28. The lowest BCUT2D eigenvalue weighted by Crippen LogP contribution is -2.43. The lowest BCUT2D eigenvalue weighted by Gasteiger charge is -2.29. The standard InChI is InChI=1S/C14H28N4S.HI/c1-15-14(17-11-13-4-3-9-19-13)16-10-12-5-7-18(2)8-6-12;/h12-13H,3-11H2,1-2H3,(H2,15,16,17);1H. The van der Waals surface area contributed by atoms with Crippen LogP contribution in [-0.4, -0.2) is 62.1 Å². The van der Waals surface area contributed by atoms with Crippen molar-refractivity contribution in [1.82, 2.24) is 15.5 Å². The topological polar surface area (TPSA) is 39.7 Å². The monoisotopic (exact) mass is 412 g/mol. The van der Waals surface area contributed by atoms with Crippen molar-refractivity contribution in [3.63, 3.8) is 0 Å². The highest BCUT2D eigenvalue weighted by atomic mass is 127. The van der Waals surface area contributed by atoms with E-state index in [-0.39, 0.29) is 24.0 Å². The molecule has 0 aromatic rings. The smallest absolute Gasteiger partial charge is 0.191 e. The zero-order valence-corrected chi connectivity index (χ0v) is 15.9. The van der Waals surface area contributed by atoms with Gasteiger partial charge in [-0.05, 0) is 57.5 Å². The molecule has 6 heteroatoms. The fourth-order valence-electron chi connectivity index (χ4n) is 2.74. The van der Waals surface area contributed by atoms with Crippen LogP contribution in [0.2, 0.25) is 0 Å². The van der Waals surface area contributed by atoms with E-state index in [0.717, 1.165) is 30.2 Å². The molecule has 0 radical (unpaired) electrons. The summed E-state index contributed by atoms with van der Waals surface area (Å²) in [6.07, 6.45) is 5.33. The third-order valence-electron chi connectivity index (χ3n) is 4.14. The average Bonchev–Trinajstić information content (AvgIpc) is 2.94. The van der Waals surface area contributed by atoms with Crippen LogP contribution >= 0.6 is 35.7 Å². The van der Waals surface area contributed by atoms with E-state index < -0.39 is 0 Å². The summed E-state index contributed by atoms with van der Waals surface area (Å²) in [6.45, 7) is 4.58. The first kappa shape index (κ1) is 18.4. The molecule has 1 atom stereocenters. The molecule has 0 bridgehead atoms. The highest BCUT2D eigenvalue weighted by Gasteiger charge is 2.18. The summed E-state index contributed by atoms with van der Waals surface area (Å²) in [7, 11) is 4.08. The van der Waals surface area contributed by atoms with Crippen molar-refractivity contribution in [2.45, 2.75) is 30.9 Å². The van der Waals surface area contributed by atoms with Crippen molar-refractivity contribution in [2.24, 2.45) is 10.9 Å². The number of thioether (sulfide) groups is 1. The number of hydrogen-bond acceptors (Lipinski definition) is 3. The third-order valence-corrected chi connectivity index (χ3v) is 5.54. The minimum absolute atomic E-state index is 0. The lowest BCUT2D eigenvalue weighted by atomic mass is 9.97. The molecule has 0 aromatic carbocycles. The number of guanidine groups is 1. The Morgan fingerprint density at radius 2 is 1.90 bits per heavy atom. The van der Waals surface area contributed by atoms with Gasteiger partial charge >= 0.3 is 0 Å². The summed E-state index contributed by atoms with van der Waals surface area (Å²) in [5, 5.41) is 7.74. The molecular formula is C14H29IN4S. The van der Waals surface area contributed by atoms with Gasteiger partial charge in [-0.25, -0.2) is 0 Å². The highest BCUT2D eigenvalue weighted by molar-refractivity contribution is 14.0. The first-order valence-electron chi connectivity index (χ1n) is 7.52. The third kappa shape index (κ3) is 6.39. The molecule has 0 saturated carbocycles. The van der Waals surface area contributed by atoms with E-state index >= 15 is 0 Å². The van der Waals surface area contributed by atoms with Crippen molar-refractivity contribution in [3.05, 3.63) is 0 Å². The molecular weight excluding hydrogens is 383 g/mol. The second-order valence-electron chi connectivity index (χ2n) is 5.72. The molecule has 1 unspecified atom stereocenters. The van der Waals surface area contributed by atoms with Gasteiger partial charge in [0.05, 0.1) is 0 Å². The first-order valence-corrected chi connectivity index (χ1v) is 8.57. The van der Waals surface area contributed by atoms with Crippen LogP contribution in [0.4, 0.5) is 0 Å². The van der Waals surface area contributed by atoms with E-state index in [9.17, 15) is 0 Å². The minimum atomic E-state index is 0. The molecule has 2 fully saturated rings. The van der Waals surface area contributed by atoms with Gasteiger partial charge in [-0.15, -0.1) is 24.0 Å². The molecule has 2 aliphatic heterocycles. The maximum absolute atomic E-state index is 4.32. The Morgan fingerprint density at radius 1 is 1.20 bits per heavy atom.